The second kappa shape index (κ2) is 9.72. The van der Waals surface area contributed by atoms with Crippen LogP contribution in [-0.4, -0.2) is 27.1 Å². The highest BCUT2D eigenvalue weighted by molar-refractivity contribution is 6.69. The van der Waals surface area contributed by atoms with Gasteiger partial charge in [-0.2, -0.15) is 0 Å². The van der Waals surface area contributed by atoms with Gasteiger partial charge in [-0.05, 0) is 32.1 Å². The topological polar surface area (TPSA) is 27.7 Å². The summed E-state index contributed by atoms with van der Waals surface area (Å²) in [5, 5.41) is 0. The molecule has 0 amide bonds. The number of rotatable bonds is 7. The number of benzene rings is 1. The molecule has 1 aromatic rings. The van der Waals surface area contributed by atoms with Crippen molar-refractivity contribution in [1.82, 2.24) is 0 Å². The highest BCUT2D eigenvalue weighted by Gasteiger charge is 2.32. The van der Waals surface area contributed by atoms with Crippen LogP contribution < -0.4 is 0 Å². The molecule has 4 atom stereocenters. The summed E-state index contributed by atoms with van der Waals surface area (Å²) in [6.07, 6.45) is 3.17. The minimum atomic E-state index is -1.67. The Bertz CT molecular complexity index is 633. The molecule has 3 nitrogen and oxygen atoms in total. The van der Waals surface area contributed by atoms with Crippen LogP contribution >= 0.6 is 0 Å². The molecule has 1 aliphatic rings. The fraction of sp³-hybridized carbons (Fsp3) is 0.565. The van der Waals surface area contributed by atoms with Gasteiger partial charge in [0.15, 0.2) is 8.32 Å². The number of hydrogen-bond acceptors (Lipinski definition) is 3. The molecule has 27 heavy (non-hydrogen) atoms. The minimum absolute atomic E-state index is 0.0382. The van der Waals surface area contributed by atoms with Crippen LogP contribution in [0, 0.1) is 11.8 Å². The molecule has 0 unspecified atom stereocenters. The largest absolute Gasteiger partial charge is 0.492 e. The van der Waals surface area contributed by atoms with Crippen molar-refractivity contribution in [3.63, 3.8) is 0 Å². The second-order valence-electron chi connectivity index (χ2n) is 8.82. The zero-order valence-corrected chi connectivity index (χ0v) is 18.8. The Kier molecular flexibility index (Phi) is 7.89. The fourth-order valence-corrected chi connectivity index (χ4v) is 4.64. The summed E-state index contributed by atoms with van der Waals surface area (Å²) in [7, 11) is -1.67. The summed E-state index contributed by atoms with van der Waals surface area (Å²) in [6.45, 7) is 18.7. The molecule has 0 fully saturated rings. The van der Waals surface area contributed by atoms with Gasteiger partial charge < -0.3 is 13.9 Å². The molecule has 0 bridgehead atoms. The summed E-state index contributed by atoms with van der Waals surface area (Å²) in [5.74, 6) is 1.33. The van der Waals surface area contributed by atoms with E-state index in [-0.39, 0.29) is 18.1 Å². The predicted molar refractivity (Wildman–Crippen MR) is 115 cm³/mol. The van der Waals surface area contributed by atoms with Crippen molar-refractivity contribution in [3.8, 4) is 0 Å². The van der Waals surface area contributed by atoms with Gasteiger partial charge in [0, 0.05) is 18.3 Å². The molecule has 1 heterocycles. The maximum Gasteiger partial charge on any atom is 0.184 e. The van der Waals surface area contributed by atoms with Crippen LogP contribution in [0.4, 0.5) is 0 Å². The third-order valence-corrected chi connectivity index (χ3v) is 5.76. The standard InChI is InChI=1S/C23H36O3Si/c1-17-13-18(2)23(25-20(4)22(14-17)26-27(5,6)7)19(3)15-24-16-21-11-9-8-10-12-21/h8-13,18-19,22-23H,4,14-16H2,1-3,5-7H3/b17-13-/t18-,19-,22-,23+/m1/s1. The first kappa shape index (κ1) is 21.9. The normalized spacial score (nSPS) is 27.1. The Morgan fingerprint density at radius 2 is 1.89 bits per heavy atom. The van der Waals surface area contributed by atoms with Gasteiger partial charge in [0.1, 0.15) is 18.0 Å². The fourth-order valence-electron chi connectivity index (χ4n) is 3.58. The van der Waals surface area contributed by atoms with Crippen LogP contribution in [0.5, 0.6) is 0 Å². The first-order chi connectivity index (χ1) is 12.7. The summed E-state index contributed by atoms with van der Waals surface area (Å²) in [5.41, 5.74) is 2.54. The van der Waals surface area contributed by atoms with Gasteiger partial charge in [-0.25, -0.2) is 0 Å². The molecule has 4 heteroatoms. The van der Waals surface area contributed by atoms with Crippen molar-refractivity contribution in [2.45, 2.75) is 65.6 Å². The minimum Gasteiger partial charge on any atom is -0.492 e. The van der Waals surface area contributed by atoms with E-state index in [1.54, 1.807) is 0 Å². The Labute approximate surface area is 166 Å². The van der Waals surface area contributed by atoms with Gasteiger partial charge in [0.25, 0.3) is 0 Å². The summed E-state index contributed by atoms with van der Waals surface area (Å²) in [6, 6.07) is 10.3. The summed E-state index contributed by atoms with van der Waals surface area (Å²) in [4.78, 5) is 0. The smallest absolute Gasteiger partial charge is 0.184 e. The highest BCUT2D eigenvalue weighted by Crippen LogP contribution is 2.30. The van der Waals surface area contributed by atoms with Crippen LogP contribution in [0.3, 0.4) is 0 Å². The summed E-state index contributed by atoms with van der Waals surface area (Å²) < 4.78 is 18.7. The molecule has 0 aliphatic carbocycles. The zero-order valence-electron chi connectivity index (χ0n) is 17.8. The van der Waals surface area contributed by atoms with E-state index in [0.717, 1.165) is 12.2 Å². The molecule has 0 spiro atoms. The lowest BCUT2D eigenvalue weighted by atomic mass is 9.89. The van der Waals surface area contributed by atoms with Crippen molar-refractivity contribution in [2.75, 3.05) is 6.61 Å². The molecule has 0 saturated carbocycles. The van der Waals surface area contributed by atoms with Crippen molar-refractivity contribution < 1.29 is 13.9 Å². The Balaban J connectivity index is 2.01. The van der Waals surface area contributed by atoms with Crippen molar-refractivity contribution in [3.05, 3.63) is 59.9 Å². The van der Waals surface area contributed by atoms with E-state index in [1.807, 2.05) is 18.2 Å². The monoisotopic (exact) mass is 388 g/mol. The van der Waals surface area contributed by atoms with E-state index < -0.39 is 8.32 Å². The van der Waals surface area contributed by atoms with Crippen molar-refractivity contribution in [2.24, 2.45) is 11.8 Å². The van der Waals surface area contributed by atoms with Crippen LogP contribution in [0.25, 0.3) is 0 Å². The first-order valence-electron chi connectivity index (χ1n) is 9.98. The molecular weight excluding hydrogens is 352 g/mol. The van der Waals surface area contributed by atoms with Gasteiger partial charge >= 0.3 is 0 Å². The van der Waals surface area contributed by atoms with Gasteiger partial charge in [0.2, 0.25) is 0 Å². The lowest BCUT2D eigenvalue weighted by molar-refractivity contribution is -0.0259. The molecule has 150 valence electrons. The number of hydrogen-bond donors (Lipinski definition) is 0. The summed E-state index contributed by atoms with van der Waals surface area (Å²) >= 11 is 0. The van der Waals surface area contributed by atoms with E-state index in [0.29, 0.717) is 19.1 Å². The third kappa shape index (κ3) is 7.28. The molecule has 0 radical (unpaired) electrons. The maximum absolute atomic E-state index is 6.35. The van der Waals surface area contributed by atoms with Crippen molar-refractivity contribution >= 4 is 8.32 Å². The predicted octanol–water partition coefficient (Wildman–Crippen LogP) is 5.94. The van der Waals surface area contributed by atoms with E-state index in [1.165, 1.54) is 11.1 Å². The molecular formula is C23H36O3Si. The Morgan fingerprint density at radius 3 is 2.52 bits per heavy atom. The van der Waals surface area contributed by atoms with E-state index in [9.17, 15) is 0 Å². The Hall–Kier alpha value is -1.36. The van der Waals surface area contributed by atoms with Gasteiger partial charge in [0.05, 0.1) is 13.2 Å². The third-order valence-electron chi connectivity index (χ3n) is 4.77. The Morgan fingerprint density at radius 1 is 1.22 bits per heavy atom. The van der Waals surface area contributed by atoms with Crippen LogP contribution in [0.15, 0.2) is 54.3 Å². The van der Waals surface area contributed by atoms with Gasteiger partial charge in [-0.15, -0.1) is 0 Å². The molecule has 0 aromatic heterocycles. The van der Waals surface area contributed by atoms with Crippen LogP contribution in [0.1, 0.15) is 32.8 Å². The quantitative estimate of drug-likeness (QED) is 0.427. The highest BCUT2D eigenvalue weighted by atomic mass is 28.4. The molecule has 1 aliphatic heterocycles. The molecule has 1 aromatic carbocycles. The lowest BCUT2D eigenvalue weighted by Crippen LogP contribution is -2.38. The lowest BCUT2D eigenvalue weighted by Gasteiger charge is -2.36. The molecule has 2 rings (SSSR count). The average Bonchev–Trinajstić information content (AvgIpc) is 2.57. The van der Waals surface area contributed by atoms with Crippen LogP contribution in [0.2, 0.25) is 19.6 Å². The van der Waals surface area contributed by atoms with Gasteiger partial charge in [-0.1, -0.05) is 62.4 Å². The van der Waals surface area contributed by atoms with Crippen LogP contribution in [-0.2, 0) is 20.5 Å². The first-order valence-corrected chi connectivity index (χ1v) is 13.4. The zero-order chi connectivity index (χ0) is 20.0. The van der Waals surface area contributed by atoms with Crippen molar-refractivity contribution in [1.29, 1.82) is 0 Å². The number of ether oxygens (including phenoxy) is 2. The molecule has 0 N–H and O–H groups in total. The SMILES string of the molecule is C=C1O[C@H]([C@H](C)COCc2ccccc2)[C@H](C)/C=C(/C)C[C@H]1O[Si](C)(C)C. The maximum atomic E-state index is 6.35. The van der Waals surface area contributed by atoms with E-state index in [4.69, 9.17) is 13.9 Å². The van der Waals surface area contributed by atoms with E-state index in [2.05, 4.69) is 65.2 Å². The van der Waals surface area contributed by atoms with Gasteiger partial charge in [-0.3, -0.25) is 0 Å². The second-order valence-corrected chi connectivity index (χ2v) is 13.3. The van der Waals surface area contributed by atoms with E-state index >= 15 is 0 Å². The average molecular weight is 389 g/mol. The molecule has 0 saturated heterocycles.